The second kappa shape index (κ2) is 11.5. The van der Waals surface area contributed by atoms with Crippen LogP contribution in [0.2, 0.25) is 0 Å². The quantitative estimate of drug-likeness (QED) is 0.267. The molecule has 0 saturated carbocycles. The van der Waals surface area contributed by atoms with E-state index in [1.807, 2.05) is 25.1 Å². The number of aromatic carboxylic acids is 1. The third-order valence-corrected chi connectivity index (χ3v) is 8.81. The van der Waals surface area contributed by atoms with Gasteiger partial charge >= 0.3 is 5.97 Å². The van der Waals surface area contributed by atoms with Gasteiger partial charge in [0.2, 0.25) is 0 Å². The molecule has 6 rings (SSSR count). The van der Waals surface area contributed by atoms with Crippen LogP contribution in [0.15, 0.2) is 60.8 Å². The summed E-state index contributed by atoms with van der Waals surface area (Å²) in [7, 11) is 0. The van der Waals surface area contributed by atoms with Gasteiger partial charge in [0, 0.05) is 24.6 Å². The Bertz CT molecular complexity index is 1570. The van der Waals surface area contributed by atoms with Crippen molar-refractivity contribution in [2.45, 2.75) is 64.8 Å². The average molecular weight is 550 g/mol. The van der Waals surface area contributed by atoms with Crippen LogP contribution >= 0.6 is 0 Å². The number of nitrogens with one attached hydrogen (secondary N) is 1. The number of piperidine rings is 1. The Labute approximate surface area is 242 Å². The minimum atomic E-state index is -0.968. The molecule has 7 heteroatoms. The van der Waals surface area contributed by atoms with Crippen LogP contribution in [-0.2, 0) is 19.4 Å². The monoisotopic (exact) mass is 549 g/mol. The van der Waals surface area contributed by atoms with Crippen LogP contribution in [0.4, 0.5) is 5.69 Å². The zero-order valence-corrected chi connectivity index (χ0v) is 24.2. The fourth-order valence-electron chi connectivity index (χ4n) is 6.78. The number of hydrogen-bond donors (Lipinski definition) is 2. The first kappa shape index (κ1) is 27.2. The van der Waals surface area contributed by atoms with Crippen molar-refractivity contribution in [3.63, 3.8) is 0 Å². The average Bonchev–Trinajstić information content (AvgIpc) is 3.59. The van der Waals surface area contributed by atoms with Crippen LogP contribution in [0.5, 0.6) is 0 Å². The van der Waals surface area contributed by atoms with E-state index in [4.69, 9.17) is 4.98 Å². The van der Waals surface area contributed by atoms with Crippen LogP contribution < -0.4 is 10.2 Å². The Kier molecular flexibility index (Phi) is 7.63. The Balaban J connectivity index is 1.34. The van der Waals surface area contributed by atoms with E-state index in [0.717, 1.165) is 43.9 Å². The standard InChI is InChI=1S/C34H39N5O2/c1-4-24-18-23(12-13-27(24)25-14-16-35-17-15-25)21-38-20-22(3)26-8-6-9-28(33(26)38)30-10-7-11-32(37-30)39-31(5-2)29(19-36-39)34(40)41/h6-13,18-19,22,25,35H,4-5,14-17,20-21H2,1-3H3,(H,40,41). The van der Waals surface area contributed by atoms with Gasteiger partial charge in [-0.2, -0.15) is 5.10 Å². The molecule has 1 unspecified atom stereocenters. The third kappa shape index (κ3) is 5.15. The van der Waals surface area contributed by atoms with E-state index in [-0.39, 0.29) is 5.56 Å². The van der Waals surface area contributed by atoms with Gasteiger partial charge in [0.15, 0.2) is 5.82 Å². The lowest BCUT2D eigenvalue weighted by molar-refractivity contribution is 0.0695. The molecule has 0 aliphatic carbocycles. The molecule has 2 aliphatic heterocycles. The molecule has 1 fully saturated rings. The Morgan fingerprint density at radius 3 is 2.59 bits per heavy atom. The van der Waals surface area contributed by atoms with Gasteiger partial charge in [0.1, 0.15) is 5.56 Å². The lowest BCUT2D eigenvalue weighted by Gasteiger charge is -2.27. The smallest absolute Gasteiger partial charge is 0.339 e. The second-order valence-electron chi connectivity index (χ2n) is 11.4. The number of fused-ring (bicyclic) bond motifs is 1. The fraction of sp³-hybridized carbons (Fsp3) is 0.382. The highest BCUT2D eigenvalue weighted by Crippen LogP contribution is 2.43. The summed E-state index contributed by atoms with van der Waals surface area (Å²) >= 11 is 0. The first-order chi connectivity index (χ1) is 20.0. The maximum absolute atomic E-state index is 11.7. The first-order valence-corrected chi connectivity index (χ1v) is 15.0. The van der Waals surface area contributed by atoms with Gasteiger partial charge in [0.25, 0.3) is 0 Å². The van der Waals surface area contributed by atoms with E-state index in [1.165, 1.54) is 47.0 Å². The number of pyridine rings is 1. The molecular formula is C34H39N5O2. The fourth-order valence-corrected chi connectivity index (χ4v) is 6.78. The van der Waals surface area contributed by atoms with Gasteiger partial charge < -0.3 is 15.3 Å². The van der Waals surface area contributed by atoms with Crippen molar-refractivity contribution in [2.75, 3.05) is 24.5 Å². The lowest BCUT2D eigenvalue weighted by Crippen LogP contribution is -2.27. The molecule has 1 saturated heterocycles. The van der Waals surface area contributed by atoms with Crippen molar-refractivity contribution < 1.29 is 9.90 Å². The van der Waals surface area contributed by atoms with E-state index in [9.17, 15) is 9.90 Å². The van der Waals surface area contributed by atoms with Gasteiger partial charge in [-0.15, -0.1) is 0 Å². The van der Waals surface area contributed by atoms with Crippen LogP contribution in [-0.4, -0.2) is 45.5 Å². The summed E-state index contributed by atoms with van der Waals surface area (Å²) < 4.78 is 1.66. The largest absolute Gasteiger partial charge is 0.478 e. The Morgan fingerprint density at radius 1 is 1.02 bits per heavy atom. The molecule has 2 N–H and O–H groups in total. The van der Waals surface area contributed by atoms with Gasteiger partial charge in [0.05, 0.1) is 23.3 Å². The Hall–Kier alpha value is -3.97. The zero-order valence-electron chi connectivity index (χ0n) is 24.2. The van der Waals surface area contributed by atoms with Gasteiger partial charge in [-0.05, 0) is 79.1 Å². The number of carbonyl (C=O) groups is 1. The molecule has 2 aliphatic rings. The van der Waals surface area contributed by atoms with E-state index >= 15 is 0 Å². The van der Waals surface area contributed by atoms with E-state index in [0.29, 0.717) is 29.8 Å². The minimum absolute atomic E-state index is 0.220. The number of aromatic nitrogens is 3. The summed E-state index contributed by atoms with van der Waals surface area (Å²) in [5.41, 5.74) is 9.78. The highest BCUT2D eigenvalue weighted by molar-refractivity contribution is 5.89. The van der Waals surface area contributed by atoms with Crippen LogP contribution in [0.1, 0.15) is 83.8 Å². The second-order valence-corrected chi connectivity index (χ2v) is 11.4. The third-order valence-electron chi connectivity index (χ3n) is 8.81. The molecule has 0 bridgehead atoms. The summed E-state index contributed by atoms with van der Waals surface area (Å²) in [6.07, 6.45) is 5.46. The predicted molar refractivity (Wildman–Crippen MR) is 163 cm³/mol. The molecule has 2 aromatic carbocycles. The SMILES string of the molecule is CCc1cc(CN2CC(C)c3cccc(-c4cccc(-n5ncc(C(=O)O)c5CC)n4)c32)ccc1C1CCNCC1. The first-order valence-electron chi connectivity index (χ1n) is 15.0. The molecule has 7 nitrogen and oxygen atoms in total. The number of nitrogens with zero attached hydrogens (tertiary/aromatic N) is 4. The van der Waals surface area contributed by atoms with Crippen molar-refractivity contribution in [3.8, 4) is 17.1 Å². The molecule has 4 heterocycles. The Morgan fingerprint density at radius 2 is 1.83 bits per heavy atom. The summed E-state index contributed by atoms with van der Waals surface area (Å²) in [4.78, 5) is 19.2. The highest BCUT2D eigenvalue weighted by Gasteiger charge is 2.29. The summed E-state index contributed by atoms with van der Waals surface area (Å²) in [5.74, 6) is 0.740. The lowest BCUT2D eigenvalue weighted by atomic mass is 9.85. The minimum Gasteiger partial charge on any atom is -0.478 e. The number of benzene rings is 2. The van der Waals surface area contributed by atoms with Gasteiger partial charge in [-0.25, -0.2) is 14.5 Å². The number of para-hydroxylation sites is 1. The van der Waals surface area contributed by atoms with Crippen molar-refractivity contribution in [3.05, 3.63) is 94.3 Å². The number of aryl methyl sites for hydroxylation is 1. The topological polar surface area (TPSA) is 83.3 Å². The number of anilines is 1. The van der Waals surface area contributed by atoms with E-state index < -0.39 is 5.97 Å². The number of carboxylic acid groups (broad SMARTS) is 1. The molecular weight excluding hydrogens is 510 g/mol. The molecule has 0 radical (unpaired) electrons. The molecule has 0 spiro atoms. The van der Waals surface area contributed by atoms with Crippen molar-refractivity contribution in [1.29, 1.82) is 0 Å². The number of hydrogen-bond acceptors (Lipinski definition) is 5. The molecule has 0 amide bonds. The summed E-state index contributed by atoms with van der Waals surface area (Å²) in [6, 6.07) is 19.6. The molecule has 212 valence electrons. The molecule has 1 atom stereocenters. The normalized spacial score (nSPS) is 17.1. The number of rotatable bonds is 8. The van der Waals surface area contributed by atoms with E-state index in [1.54, 1.807) is 4.68 Å². The molecule has 4 aromatic rings. The summed E-state index contributed by atoms with van der Waals surface area (Å²) in [6.45, 7) is 10.6. The van der Waals surface area contributed by atoms with Gasteiger partial charge in [-0.3, -0.25) is 0 Å². The van der Waals surface area contributed by atoms with Gasteiger partial charge in [-0.1, -0.05) is 63.2 Å². The van der Waals surface area contributed by atoms with Crippen molar-refractivity contribution >= 4 is 11.7 Å². The van der Waals surface area contributed by atoms with Crippen molar-refractivity contribution in [2.24, 2.45) is 0 Å². The zero-order chi connectivity index (χ0) is 28.5. The predicted octanol–water partition coefficient (Wildman–Crippen LogP) is 6.35. The van der Waals surface area contributed by atoms with Crippen LogP contribution in [0.3, 0.4) is 0 Å². The number of carboxylic acids is 1. The van der Waals surface area contributed by atoms with Crippen LogP contribution in [0, 0.1) is 0 Å². The molecule has 2 aromatic heterocycles. The maximum atomic E-state index is 11.7. The summed E-state index contributed by atoms with van der Waals surface area (Å²) in [5, 5.41) is 17.5. The highest BCUT2D eigenvalue weighted by atomic mass is 16.4. The maximum Gasteiger partial charge on any atom is 0.339 e. The van der Waals surface area contributed by atoms with Crippen LogP contribution in [0.25, 0.3) is 17.1 Å². The van der Waals surface area contributed by atoms with Crippen molar-refractivity contribution in [1.82, 2.24) is 20.1 Å². The molecule has 41 heavy (non-hydrogen) atoms. The van der Waals surface area contributed by atoms with E-state index in [2.05, 4.69) is 65.6 Å².